The van der Waals surface area contributed by atoms with Gasteiger partial charge in [-0.1, -0.05) is 56.9 Å². The minimum Gasteiger partial charge on any atom is -0.481 e. The maximum atomic E-state index is 11.9. The molecule has 4 heteroatoms. The highest BCUT2D eigenvalue weighted by Gasteiger charge is 2.06. The van der Waals surface area contributed by atoms with E-state index >= 15 is 0 Å². The summed E-state index contributed by atoms with van der Waals surface area (Å²) in [6.45, 7) is 2.83. The van der Waals surface area contributed by atoms with E-state index in [9.17, 15) is 9.59 Å². The third kappa shape index (κ3) is 15.1. The fourth-order valence-corrected chi connectivity index (χ4v) is 2.18. The number of carbonyl (C=O) groups excluding carboxylic acids is 1. The Kier molecular flexibility index (Phi) is 14.3. The second kappa shape index (κ2) is 15.3. The normalized spacial score (nSPS) is 11.4. The molecule has 0 aromatic rings. The van der Waals surface area contributed by atoms with Crippen LogP contribution in [0.1, 0.15) is 71.1 Å². The van der Waals surface area contributed by atoms with Gasteiger partial charge in [-0.2, -0.15) is 0 Å². The van der Waals surface area contributed by atoms with Gasteiger partial charge in [0.1, 0.15) is 0 Å². The van der Waals surface area contributed by atoms with Crippen LogP contribution in [-0.4, -0.2) is 35.5 Å². The molecular weight excluding hydrogens is 290 g/mol. The molecular formula is C19H33NO3. The van der Waals surface area contributed by atoms with Gasteiger partial charge >= 0.3 is 5.97 Å². The Morgan fingerprint density at radius 1 is 0.913 bits per heavy atom. The molecule has 0 aromatic carbocycles. The minimum atomic E-state index is -0.767. The summed E-state index contributed by atoms with van der Waals surface area (Å²) in [6.07, 6.45) is 17.4. The van der Waals surface area contributed by atoms with Gasteiger partial charge < -0.3 is 10.0 Å². The lowest BCUT2D eigenvalue weighted by Gasteiger charge is -2.14. The van der Waals surface area contributed by atoms with Crippen molar-refractivity contribution < 1.29 is 14.7 Å². The molecule has 0 saturated carbocycles. The van der Waals surface area contributed by atoms with Gasteiger partial charge in [-0.15, -0.1) is 0 Å². The molecule has 132 valence electrons. The largest absolute Gasteiger partial charge is 0.481 e. The van der Waals surface area contributed by atoms with Gasteiger partial charge in [0.2, 0.25) is 5.91 Å². The minimum absolute atomic E-state index is 0.119. The van der Waals surface area contributed by atoms with Crippen molar-refractivity contribution in [1.29, 1.82) is 0 Å². The number of hydrogen-bond acceptors (Lipinski definition) is 2. The number of aliphatic carboxylic acids is 1. The molecule has 0 aliphatic carbocycles. The first kappa shape index (κ1) is 21.4. The van der Waals surface area contributed by atoms with Crippen molar-refractivity contribution in [2.24, 2.45) is 0 Å². The molecule has 0 saturated heterocycles. The predicted octanol–water partition coefficient (Wildman–Crippen LogP) is 4.56. The number of carbonyl (C=O) groups is 2. The quantitative estimate of drug-likeness (QED) is 0.376. The average molecular weight is 323 g/mol. The summed E-state index contributed by atoms with van der Waals surface area (Å²) < 4.78 is 0. The number of nitrogens with zero attached hydrogens (tertiary/aromatic N) is 1. The summed E-state index contributed by atoms with van der Waals surface area (Å²) in [5, 5.41) is 8.53. The molecule has 0 aliphatic rings. The maximum absolute atomic E-state index is 11.9. The van der Waals surface area contributed by atoms with Gasteiger partial charge in [-0.25, -0.2) is 0 Å². The molecule has 1 amide bonds. The maximum Gasteiger partial charge on any atom is 0.303 e. The topological polar surface area (TPSA) is 57.6 Å². The van der Waals surface area contributed by atoms with E-state index in [1.165, 1.54) is 25.7 Å². The second-order valence-corrected chi connectivity index (χ2v) is 5.93. The second-order valence-electron chi connectivity index (χ2n) is 5.93. The molecule has 0 spiro atoms. The fourth-order valence-electron chi connectivity index (χ4n) is 2.18. The van der Waals surface area contributed by atoms with Crippen molar-refractivity contribution in [3.05, 3.63) is 24.3 Å². The van der Waals surface area contributed by atoms with Crippen LogP contribution in [0.25, 0.3) is 0 Å². The summed E-state index contributed by atoms with van der Waals surface area (Å²) in [5.41, 5.74) is 0. The Morgan fingerprint density at radius 2 is 1.57 bits per heavy atom. The molecule has 0 fully saturated rings. The van der Waals surface area contributed by atoms with Gasteiger partial charge in [0, 0.05) is 26.4 Å². The molecule has 1 N–H and O–H groups in total. The molecule has 0 radical (unpaired) electrons. The Balaban J connectivity index is 3.64. The fraction of sp³-hybridized carbons (Fsp3) is 0.684. The van der Waals surface area contributed by atoms with Crippen molar-refractivity contribution in [2.45, 2.75) is 71.1 Å². The van der Waals surface area contributed by atoms with Gasteiger partial charge in [0.25, 0.3) is 0 Å². The van der Waals surface area contributed by atoms with Crippen LogP contribution in [-0.2, 0) is 9.59 Å². The zero-order valence-corrected chi connectivity index (χ0v) is 14.8. The van der Waals surface area contributed by atoms with E-state index in [2.05, 4.69) is 19.1 Å². The van der Waals surface area contributed by atoms with Crippen LogP contribution in [0.3, 0.4) is 0 Å². The lowest BCUT2D eigenvalue weighted by Crippen LogP contribution is -2.26. The SMILES string of the molecule is CCCCCC/C=C/C=C\CN(C)C(=O)CCCCCC(=O)O. The van der Waals surface area contributed by atoms with E-state index in [0.717, 1.165) is 19.3 Å². The Labute approximate surface area is 141 Å². The van der Waals surface area contributed by atoms with Gasteiger partial charge in [0.15, 0.2) is 0 Å². The van der Waals surface area contributed by atoms with Gasteiger partial charge in [-0.05, 0) is 25.7 Å². The van der Waals surface area contributed by atoms with Crippen LogP contribution in [0.2, 0.25) is 0 Å². The number of amides is 1. The first-order valence-electron chi connectivity index (χ1n) is 8.85. The monoisotopic (exact) mass is 323 g/mol. The summed E-state index contributed by atoms with van der Waals surface area (Å²) in [5.74, 6) is -0.648. The molecule has 0 aliphatic heterocycles. The van der Waals surface area contributed by atoms with E-state index < -0.39 is 5.97 Å². The Bertz CT molecular complexity index is 375. The molecule has 0 atom stereocenters. The highest BCUT2D eigenvalue weighted by Crippen LogP contribution is 2.05. The zero-order chi connectivity index (χ0) is 17.3. The number of hydrogen-bond donors (Lipinski definition) is 1. The average Bonchev–Trinajstić information content (AvgIpc) is 2.52. The Hall–Kier alpha value is -1.58. The van der Waals surface area contributed by atoms with Crippen molar-refractivity contribution in [3.63, 3.8) is 0 Å². The summed E-state index contributed by atoms with van der Waals surface area (Å²) in [6, 6.07) is 0. The number of allylic oxidation sites excluding steroid dienone is 3. The van der Waals surface area contributed by atoms with E-state index in [4.69, 9.17) is 5.11 Å². The van der Waals surface area contributed by atoms with E-state index in [0.29, 0.717) is 19.4 Å². The lowest BCUT2D eigenvalue weighted by atomic mass is 10.1. The molecule has 0 unspecified atom stereocenters. The lowest BCUT2D eigenvalue weighted by molar-refractivity contribution is -0.137. The third-order valence-electron chi connectivity index (χ3n) is 3.69. The molecule has 0 heterocycles. The number of rotatable bonds is 14. The standard InChI is InChI=1S/C19H33NO3/c1-3-4-5-6-7-8-9-10-14-17-20(2)18(21)15-12-11-13-16-19(22)23/h8-10,14H,3-7,11-13,15-17H2,1-2H3,(H,22,23)/b9-8+,14-10-. The first-order valence-corrected chi connectivity index (χ1v) is 8.85. The molecule has 0 rings (SSSR count). The highest BCUT2D eigenvalue weighted by atomic mass is 16.4. The van der Waals surface area contributed by atoms with E-state index in [-0.39, 0.29) is 12.3 Å². The summed E-state index contributed by atoms with van der Waals surface area (Å²) in [4.78, 5) is 24.0. The van der Waals surface area contributed by atoms with Gasteiger partial charge in [-0.3, -0.25) is 9.59 Å². The van der Waals surface area contributed by atoms with Crippen LogP contribution in [0.15, 0.2) is 24.3 Å². The molecule has 0 bridgehead atoms. The Morgan fingerprint density at radius 3 is 2.26 bits per heavy atom. The predicted molar refractivity (Wildman–Crippen MR) is 95.4 cm³/mol. The van der Waals surface area contributed by atoms with Crippen molar-refractivity contribution >= 4 is 11.9 Å². The van der Waals surface area contributed by atoms with Crippen LogP contribution < -0.4 is 0 Å². The smallest absolute Gasteiger partial charge is 0.303 e. The highest BCUT2D eigenvalue weighted by molar-refractivity contribution is 5.75. The van der Waals surface area contributed by atoms with Crippen LogP contribution in [0, 0.1) is 0 Å². The number of carboxylic acid groups (broad SMARTS) is 1. The third-order valence-corrected chi connectivity index (χ3v) is 3.69. The van der Waals surface area contributed by atoms with Crippen molar-refractivity contribution in [1.82, 2.24) is 4.90 Å². The molecule has 4 nitrogen and oxygen atoms in total. The van der Waals surface area contributed by atoms with Crippen LogP contribution >= 0.6 is 0 Å². The van der Waals surface area contributed by atoms with E-state index in [1.54, 1.807) is 11.9 Å². The molecule has 0 aromatic heterocycles. The van der Waals surface area contributed by atoms with Crippen molar-refractivity contribution in [2.75, 3.05) is 13.6 Å². The number of unbranched alkanes of at least 4 members (excludes halogenated alkanes) is 6. The number of likely N-dealkylation sites (N-methyl/N-ethyl adjacent to an activating group) is 1. The first-order chi connectivity index (χ1) is 11.1. The van der Waals surface area contributed by atoms with Crippen LogP contribution in [0.4, 0.5) is 0 Å². The molecule has 23 heavy (non-hydrogen) atoms. The summed E-state index contributed by atoms with van der Waals surface area (Å²) >= 11 is 0. The van der Waals surface area contributed by atoms with Gasteiger partial charge in [0.05, 0.1) is 0 Å². The van der Waals surface area contributed by atoms with E-state index in [1.807, 2.05) is 12.2 Å². The zero-order valence-electron chi connectivity index (χ0n) is 14.8. The summed E-state index contributed by atoms with van der Waals surface area (Å²) in [7, 11) is 1.80. The van der Waals surface area contributed by atoms with Crippen molar-refractivity contribution in [3.8, 4) is 0 Å². The number of carboxylic acids is 1. The van der Waals surface area contributed by atoms with Crippen LogP contribution in [0.5, 0.6) is 0 Å².